The fraction of sp³-hybridized carbons (Fsp3) is 0.471. The number of rotatable bonds is 3. The molecule has 0 saturated carbocycles. The smallest absolute Gasteiger partial charge is 0.243 e. The summed E-state index contributed by atoms with van der Waals surface area (Å²) in [5.41, 5.74) is 2.26. The molecule has 0 amide bonds. The van der Waals surface area contributed by atoms with E-state index in [1.54, 1.807) is 10.4 Å². The maximum atomic E-state index is 13.1. The van der Waals surface area contributed by atoms with Crippen molar-refractivity contribution in [3.63, 3.8) is 0 Å². The summed E-state index contributed by atoms with van der Waals surface area (Å²) in [5.74, 6) is 0.589. The highest BCUT2D eigenvalue weighted by molar-refractivity contribution is 7.89. The normalized spacial score (nSPS) is 19.9. The lowest BCUT2D eigenvalue weighted by Gasteiger charge is -2.32. The van der Waals surface area contributed by atoms with E-state index in [2.05, 4.69) is 5.16 Å². The van der Waals surface area contributed by atoms with Gasteiger partial charge in [-0.3, -0.25) is 0 Å². The highest BCUT2D eigenvalue weighted by Gasteiger charge is 2.32. The number of nitrogens with zero attached hydrogens (tertiary/aromatic N) is 2. The first-order valence-electron chi connectivity index (χ1n) is 7.96. The van der Waals surface area contributed by atoms with Gasteiger partial charge in [0, 0.05) is 24.2 Å². The van der Waals surface area contributed by atoms with E-state index in [0.29, 0.717) is 17.2 Å². The molecule has 1 aromatic heterocycles. The molecule has 1 unspecified atom stereocenters. The van der Waals surface area contributed by atoms with E-state index in [9.17, 15) is 8.42 Å². The SMILES string of the molecule is Cc1cc(-c2ccc(C)c(S(=O)(=O)N3CCCCC3C)c2)on1. The fourth-order valence-electron chi connectivity index (χ4n) is 3.09. The Kier molecular flexibility index (Phi) is 4.29. The molecule has 1 aromatic carbocycles. The van der Waals surface area contributed by atoms with Crippen LogP contribution < -0.4 is 0 Å². The van der Waals surface area contributed by atoms with Crippen LogP contribution in [0.1, 0.15) is 37.4 Å². The van der Waals surface area contributed by atoms with Crippen molar-refractivity contribution in [1.29, 1.82) is 0 Å². The van der Waals surface area contributed by atoms with Crippen molar-refractivity contribution in [3.8, 4) is 11.3 Å². The molecular formula is C17H22N2O3S. The summed E-state index contributed by atoms with van der Waals surface area (Å²) in [7, 11) is -3.49. The second-order valence-corrected chi connectivity index (χ2v) is 8.13. The predicted octanol–water partition coefficient (Wildman–Crippen LogP) is 3.52. The second kappa shape index (κ2) is 6.09. The lowest BCUT2D eigenvalue weighted by Crippen LogP contribution is -2.42. The zero-order valence-corrected chi connectivity index (χ0v) is 14.6. The minimum absolute atomic E-state index is 0.0457. The van der Waals surface area contributed by atoms with Gasteiger partial charge in [-0.05, 0) is 45.2 Å². The Labute approximate surface area is 137 Å². The van der Waals surface area contributed by atoms with E-state index in [1.165, 1.54) is 0 Å². The molecule has 2 aromatic rings. The quantitative estimate of drug-likeness (QED) is 0.861. The minimum atomic E-state index is -3.49. The van der Waals surface area contributed by atoms with E-state index in [0.717, 1.165) is 36.1 Å². The summed E-state index contributed by atoms with van der Waals surface area (Å²) in [5, 5.41) is 3.87. The number of aromatic nitrogens is 1. The molecule has 1 aliphatic heterocycles. The zero-order chi connectivity index (χ0) is 16.6. The van der Waals surface area contributed by atoms with Crippen molar-refractivity contribution in [2.24, 2.45) is 0 Å². The first-order chi connectivity index (χ1) is 10.9. The van der Waals surface area contributed by atoms with Crippen LogP contribution >= 0.6 is 0 Å². The van der Waals surface area contributed by atoms with Crippen LogP contribution in [0.3, 0.4) is 0 Å². The molecule has 0 N–H and O–H groups in total. The third kappa shape index (κ3) is 3.05. The standard InChI is InChI=1S/C17H22N2O3S/c1-12-7-8-15(16-10-13(2)18-22-16)11-17(12)23(20,21)19-9-5-4-6-14(19)3/h7-8,10-11,14H,4-6,9H2,1-3H3. The zero-order valence-electron chi connectivity index (χ0n) is 13.7. The van der Waals surface area contributed by atoms with Gasteiger partial charge in [0.2, 0.25) is 10.0 Å². The molecule has 0 bridgehead atoms. The van der Waals surface area contributed by atoms with Gasteiger partial charge in [0.15, 0.2) is 5.76 Å². The van der Waals surface area contributed by atoms with Gasteiger partial charge in [-0.15, -0.1) is 0 Å². The molecule has 1 aliphatic rings. The van der Waals surface area contributed by atoms with Gasteiger partial charge in [0.1, 0.15) is 0 Å². The van der Waals surface area contributed by atoms with Crippen LogP contribution in [-0.2, 0) is 10.0 Å². The maximum absolute atomic E-state index is 13.1. The van der Waals surface area contributed by atoms with Gasteiger partial charge in [-0.25, -0.2) is 8.42 Å². The van der Waals surface area contributed by atoms with Crippen LogP contribution in [-0.4, -0.2) is 30.5 Å². The number of hydrogen-bond acceptors (Lipinski definition) is 4. The first kappa shape index (κ1) is 16.2. The van der Waals surface area contributed by atoms with Gasteiger partial charge >= 0.3 is 0 Å². The summed E-state index contributed by atoms with van der Waals surface area (Å²) < 4.78 is 33.1. The Morgan fingerprint density at radius 1 is 1.22 bits per heavy atom. The van der Waals surface area contributed by atoms with Crippen LogP contribution in [0.2, 0.25) is 0 Å². The third-order valence-electron chi connectivity index (χ3n) is 4.43. The summed E-state index contributed by atoms with van der Waals surface area (Å²) >= 11 is 0. The predicted molar refractivity (Wildman–Crippen MR) is 88.6 cm³/mol. The van der Waals surface area contributed by atoms with Crippen molar-refractivity contribution >= 4 is 10.0 Å². The van der Waals surface area contributed by atoms with Crippen LogP contribution in [0.4, 0.5) is 0 Å². The molecule has 0 spiro atoms. The van der Waals surface area contributed by atoms with Gasteiger partial charge in [0.25, 0.3) is 0 Å². The fourth-order valence-corrected chi connectivity index (χ4v) is 5.04. The molecule has 124 valence electrons. The summed E-state index contributed by atoms with van der Waals surface area (Å²) in [6.45, 7) is 6.25. The summed E-state index contributed by atoms with van der Waals surface area (Å²) in [4.78, 5) is 0.359. The molecule has 5 nitrogen and oxygen atoms in total. The maximum Gasteiger partial charge on any atom is 0.243 e. The number of aryl methyl sites for hydroxylation is 2. The average Bonchev–Trinajstić information content (AvgIpc) is 2.94. The molecular weight excluding hydrogens is 312 g/mol. The highest BCUT2D eigenvalue weighted by atomic mass is 32.2. The number of benzene rings is 1. The van der Waals surface area contributed by atoms with E-state index >= 15 is 0 Å². The topological polar surface area (TPSA) is 63.4 Å². The Morgan fingerprint density at radius 2 is 2.00 bits per heavy atom. The highest BCUT2D eigenvalue weighted by Crippen LogP contribution is 2.30. The average molecular weight is 334 g/mol. The van der Waals surface area contributed by atoms with Crippen molar-refractivity contribution in [1.82, 2.24) is 9.46 Å². The van der Waals surface area contributed by atoms with E-state index < -0.39 is 10.0 Å². The molecule has 1 fully saturated rings. The molecule has 1 atom stereocenters. The largest absolute Gasteiger partial charge is 0.356 e. The van der Waals surface area contributed by atoms with E-state index in [-0.39, 0.29) is 6.04 Å². The van der Waals surface area contributed by atoms with Gasteiger partial charge < -0.3 is 4.52 Å². The molecule has 1 saturated heterocycles. The number of sulfonamides is 1. The minimum Gasteiger partial charge on any atom is -0.356 e. The number of hydrogen-bond donors (Lipinski definition) is 0. The Morgan fingerprint density at radius 3 is 2.65 bits per heavy atom. The summed E-state index contributed by atoms with van der Waals surface area (Å²) in [6.07, 6.45) is 2.92. The second-order valence-electron chi connectivity index (χ2n) is 6.27. The van der Waals surface area contributed by atoms with Crippen LogP contribution in [0.25, 0.3) is 11.3 Å². The van der Waals surface area contributed by atoms with Crippen LogP contribution in [0.5, 0.6) is 0 Å². The van der Waals surface area contributed by atoms with Crippen molar-refractivity contribution in [2.45, 2.75) is 51.0 Å². The van der Waals surface area contributed by atoms with Gasteiger partial charge in [-0.2, -0.15) is 4.31 Å². The van der Waals surface area contributed by atoms with E-state index in [4.69, 9.17) is 4.52 Å². The van der Waals surface area contributed by atoms with E-state index in [1.807, 2.05) is 39.0 Å². The van der Waals surface area contributed by atoms with Crippen molar-refractivity contribution in [3.05, 3.63) is 35.5 Å². The van der Waals surface area contributed by atoms with Crippen LogP contribution in [0.15, 0.2) is 33.7 Å². The lowest BCUT2D eigenvalue weighted by atomic mass is 10.1. The molecule has 23 heavy (non-hydrogen) atoms. The Hall–Kier alpha value is -1.66. The Balaban J connectivity index is 2.04. The van der Waals surface area contributed by atoms with Gasteiger partial charge in [-0.1, -0.05) is 23.7 Å². The third-order valence-corrected chi connectivity index (χ3v) is 6.58. The monoisotopic (exact) mass is 334 g/mol. The number of piperidine rings is 1. The van der Waals surface area contributed by atoms with Crippen LogP contribution in [0, 0.1) is 13.8 Å². The first-order valence-corrected chi connectivity index (χ1v) is 9.40. The molecule has 2 heterocycles. The molecule has 0 aliphatic carbocycles. The summed E-state index contributed by atoms with van der Waals surface area (Å²) in [6, 6.07) is 7.25. The molecule has 3 rings (SSSR count). The molecule has 0 radical (unpaired) electrons. The van der Waals surface area contributed by atoms with Crippen molar-refractivity contribution in [2.75, 3.05) is 6.54 Å². The Bertz CT molecular complexity index is 811. The lowest BCUT2D eigenvalue weighted by molar-refractivity contribution is 0.268. The van der Waals surface area contributed by atoms with Crippen molar-refractivity contribution < 1.29 is 12.9 Å². The van der Waals surface area contributed by atoms with Gasteiger partial charge in [0.05, 0.1) is 10.6 Å². The molecule has 6 heteroatoms.